The summed E-state index contributed by atoms with van der Waals surface area (Å²) in [5.74, 6) is 2.40. The first-order valence-electron chi connectivity index (χ1n) is 10.2. The predicted octanol–water partition coefficient (Wildman–Crippen LogP) is 2.57. The molecule has 1 unspecified atom stereocenters. The summed E-state index contributed by atoms with van der Waals surface area (Å²) in [7, 11) is 0. The summed E-state index contributed by atoms with van der Waals surface area (Å²) in [6.07, 6.45) is 5.48. The van der Waals surface area contributed by atoms with Gasteiger partial charge in [0.2, 0.25) is 5.91 Å². The Morgan fingerprint density at radius 3 is 2.75 bits per heavy atom. The average molecular weight is 380 g/mol. The number of rotatable bonds is 8. The minimum Gasteiger partial charge on any atom is -0.469 e. The Morgan fingerprint density at radius 1 is 1.14 bits per heavy atom. The van der Waals surface area contributed by atoms with Gasteiger partial charge >= 0.3 is 0 Å². The van der Waals surface area contributed by atoms with Gasteiger partial charge in [-0.25, -0.2) is 4.99 Å². The molecule has 6 heteroatoms. The van der Waals surface area contributed by atoms with Gasteiger partial charge in [0.15, 0.2) is 5.96 Å². The van der Waals surface area contributed by atoms with Crippen LogP contribution in [0.25, 0.3) is 0 Å². The van der Waals surface area contributed by atoms with Crippen LogP contribution < -0.4 is 10.6 Å². The fourth-order valence-electron chi connectivity index (χ4n) is 3.61. The normalized spacial score (nSPS) is 19.9. The van der Waals surface area contributed by atoms with E-state index in [0.717, 1.165) is 37.8 Å². The topological polar surface area (TPSA) is 69.9 Å². The minimum absolute atomic E-state index is 0.308. The summed E-state index contributed by atoms with van der Waals surface area (Å²) >= 11 is 0. The molecule has 2 heterocycles. The molecule has 1 aliphatic heterocycles. The SMILES string of the molecule is O=C1CC(CNC(=NCc2ccccc2)NCCc2ccco2)CN1C1CC1. The van der Waals surface area contributed by atoms with E-state index in [0.29, 0.717) is 30.8 Å². The fraction of sp³-hybridized carbons (Fsp3) is 0.455. The molecule has 6 nitrogen and oxygen atoms in total. The van der Waals surface area contributed by atoms with Crippen LogP contribution in [0.5, 0.6) is 0 Å². The monoisotopic (exact) mass is 380 g/mol. The van der Waals surface area contributed by atoms with E-state index in [-0.39, 0.29) is 0 Å². The zero-order valence-electron chi connectivity index (χ0n) is 16.1. The van der Waals surface area contributed by atoms with Crippen molar-refractivity contribution in [3.63, 3.8) is 0 Å². The molecule has 1 saturated carbocycles. The van der Waals surface area contributed by atoms with Gasteiger partial charge < -0.3 is 20.0 Å². The van der Waals surface area contributed by atoms with Crippen LogP contribution in [0.3, 0.4) is 0 Å². The van der Waals surface area contributed by atoms with Crippen molar-refractivity contribution in [2.24, 2.45) is 10.9 Å². The van der Waals surface area contributed by atoms with Gasteiger partial charge in [0.1, 0.15) is 5.76 Å². The Kier molecular flexibility index (Phi) is 5.95. The third-order valence-electron chi connectivity index (χ3n) is 5.29. The first kappa shape index (κ1) is 18.6. The number of aliphatic imine (C=N–C) groups is 1. The summed E-state index contributed by atoms with van der Waals surface area (Å²) in [4.78, 5) is 19.0. The molecule has 0 spiro atoms. The van der Waals surface area contributed by atoms with Gasteiger partial charge in [0.25, 0.3) is 0 Å². The van der Waals surface area contributed by atoms with Crippen LogP contribution >= 0.6 is 0 Å². The molecule has 1 saturated heterocycles. The Labute approximate surface area is 166 Å². The molecule has 1 aliphatic carbocycles. The van der Waals surface area contributed by atoms with Crippen molar-refractivity contribution >= 4 is 11.9 Å². The maximum absolute atomic E-state index is 12.2. The average Bonchev–Trinajstić information content (AvgIpc) is 3.29. The highest BCUT2D eigenvalue weighted by Gasteiger charge is 2.39. The Balaban J connectivity index is 1.31. The van der Waals surface area contributed by atoms with E-state index in [4.69, 9.17) is 9.41 Å². The van der Waals surface area contributed by atoms with E-state index in [9.17, 15) is 4.79 Å². The van der Waals surface area contributed by atoms with Gasteiger partial charge in [0, 0.05) is 44.4 Å². The van der Waals surface area contributed by atoms with Crippen molar-refractivity contribution in [3.8, 4) is 0 Å². The predicted molar refractivity (Wildman–Crippen MR) is 109 cm³/mol. The van der Waals surface area contributed by atoms with Crippen LogP contribution in [0, 0.1) is 5.92 Å². The number of benzene rings is 1. The van der Waals surface area contributed by atoms with Gasteiger partial charge in [-0.15, -0.1) is 0 Å². The number of carbonyl (C=O) groups excluding carboxylic acids is 1. The lowest BCUT2D eigenvalue weighted by Gasteiger charge is -2.17. The van der Waals surface area contributed by atoms with Crippen LogP contribution in [-0.2, 0) is 17.8 Å². The number of guanidine groups is 1. The summed E-state index contributed by atoms with van der Waals surface area (Å²) < 4.78 is 5.39. The molecule has 28 heavy (non-hydrogen) atoms. The Bertz CT molecular complexity index is 784. The summed E-state index contributed by atoms with van der Waals surface area (Å²) in [6, 6.07) is 14.6. The number of nitrogens with zero attached hydrogens (tertiary/aromatic N) is 2. The van der Waals surface area contributed by atoms with E-state index >= 15 is 0 Å². The zero-order chi connectivity index (χ0) is 19.2. The first-order chi connectivity index (χ1) is 13.8. The number of hydrogen-bond acceptors (Lipinski definition) is 3. The lowest BCUT2D eigenvalue weighted by molar-refractivity contribution is -0.128. The van der Waals surface area contributed by atoms with Crippen LogP contribution in [-0.4, -0.2) is 42.4 Å². The molecular weight excluding hydrogens is 352 g/mol. The highest BCUT2D eigenvalue weighted by Crippen LogP contribution is 2.32. The van der Waals surface area contributed by atoms with Crippen molar-refractivity contribution in [1.82, 2.24) is 15.5 Å². The lowest BCUT2D eigenvalue weighted by Crippen LogP contribution is -2.41. The van der Waals surface area contributed by atoms with Gasteiger partial charge in [-0.1, -0.05) is 30.3 Å². The molecule has 1 aromatic heterocycles. The standard InChI is InChI=1S/C22H28N4O2/c27-21-13-18(16-26(21)19-8-9-19)15-25-22(23-11-10-20-7-4-12-28-20)24-14-17-5-2-1-3-6-17/h1-7,12,18-19H,8-11,13-16H2,(H2,23,24,25). The zero-order valence-corrected chi connectivity index (χ0v) is 16.1. The molecule has 4 rings (SSSR count). The van der Waals surface area contributed by atoms with Crippen molar-refractivity contribution in [3.05, 3.63) is 60.1 Å². The highest BCUT2D eigenvalue weighted by molar-refractivity contribution is 5.81. The maximum atomic E-state index is 12.2. The molecule has 2 aliphatic rings. The van der Waals surface area contributed by atoms with E-state index in [1.807, 2.05) is 30.3 Å². The molecule has 2 fully saturated rings. The smallest absolute Gasteiger partial charge is 0.223 e. The number of hydrogen-bond donors (Lipinski definition) is 2. The number of likely N-dealkylation sites (tertiary alicyclic amines) is 1. The van der Waals surface area contributed by atoms with Gasteiger partial charge in [-0.3, -0.25) is 4.79 Å². The second-order valence-corrected chi connectivity index (χ2v) is 7.63. The van der Waals surface area contributed by atoms with Crippen molar-refractivity contribution in [2.45, 2.75) is 38.3 Å². The molecular formula is C22H28N4O2. The first-order valence-corrected chi connectivity index (χ1v) is 10.2. The maximum Gasteiger partial charge on any atom is 0.223 e. The van der Waals surface area contributed by atoms with Gasteiger partial charge in [-0.2, -0.15) is 0 Å². The second-order valence-electron chi connectivity index (χ2n) is 7.63. The molecule has 1 aromatic carbocycles. The van der Waals surface area contributed by atoms with Crippen molar-refractivity contribution in [2.75, 3.05) is 19.6 Å². The lowest BCUT2D eigenvalue weighted by atomic mass is 10.1. The molecule has 0 radical (unpaired) electrons. The number of furan rings is 1. The number of amides is 1. The minimum atomic E-state index is 0.308. The summed E-state index contributed by atoms with van der Waals surface area (Å²) in [5.41, 5.74) is 1.17. The molecule has 1 atom stereocenters. The van der Waals surface area contributed by atoms with Crippen molar-refractivity contribution < 1.29 is 9.21 Å². The molecule has 2 aromatic rings. The number of nitrogens with one attached hydrogen (secondary N) is 2. The van der Waals surface area contributed by atoms with E-state index in [1.54, 1.807) is 6.26 Å². The Hall–Kier alpha value is -2.76. The largest absolute Gasteiger partial charge is 0.469 e. The van der Waals surface area contributed by atoms with E-state index in [2.05, 4.69) is 27.7 Å². The summed E-state index contributed by atoms with van der Waals surface area (Å²) in [6.45, 7) is 2.99. The molecule has 148 valence electrons. The third kappa shape index (κ3) is 5.15. The fourth-order valence-corrected chi connectivity index (χ4v) is 3.61. The summed E-state index contributed by atoms with van der Waals surface area (Å²) in [5, 5.41) is 6.83. The van der Waals surface area contributed by atoms with Gasteiger partial charge in [-0.05, 0) is 30.5 Å². The van der Waals surface area contributed by atoms with E-state index in [1.165, 1.54) is 18.4 Å². The van der Waals surface area contributed by atoms with Crippen LogP contribution in [0.4, 0.5) is 0 Å². The molecule has 0 bridgehead atoms. The van der Waals surface area contributed by atoms with Crippen LogP contribution in [0.2, 0.25) is 0 Å². The molecule has 2 N–H and O–H groups in total. The van der Waals surface area contributed by atoms with Crippen LogP contribution in [0.1, 0.15) is 30.6 Å². The quantitative estimate of drug-likeness (QED) is 0.546. The second kappa shape index (κ2) is 8.95. The van der Waals surface area contributed by atoms with Gasteiger partial charge in [0.05, 0.1) is 12.8 Å². The number of carbonyl (C=O) groups is 1. The van der Waals surface area contributed by atoms with Crippen molar-refractivity contribution in [1.29, 1.82) is 0 Å². The third-order valence-corrected chi connectivity index (χ3v) is 5.29. The van der Waals surface area contributed by atoms with E-state index < -0.39 is 0 Å². The van der Waals surface area contributed by atoms with Crippen LogP contribution in [0.15, 0.2) is 58.1 Å². The molecule has 1 amide bonds. The Morgan fingerprint density at radius 2 is 2.00 bits per heavy atom. The highest BCUT2D eigenvalue weighted by atomic mass is 16.3.